The molecule has 3 unspecified atom stereocenters. The minimum atomic E-state index is 0.664. The summed E-state index contributed by atoms with van der Waals surface area (Å²) in [6.07, 6.45) is 5.63. The molecule has 1 aromatic rings. The molecular weight excluding hydrogens is 218 g/mol. The molecule has 16 heavy (non-hydrogen) atoms. The fourth-order valence-electron chi connectivity index (χ4n) is 3.42. The Morgan fingerprint density at radius 2 is 2.12 bits per heavy atom. The highest BCUT2D eigenvalue weighted by Gasteiger charge is 2.39. The van der Waals surface area contributed by atoms with E-state index in [0.717, 1.165) is 22.5 Å². The molecule has 0 heterocycles. The van der Waals surface area contributed by atoms with E-state index in [-0.39, 0.29) is 0 Å². The fraction of sp³-hybridized carbons (Fsp3) is 0.571. The first-order chi connectivity index (χ1) is 7.74. The second-order valence-corrected chi connectivity index (χ2v) is 5.76. The second kappa shape index (κ2) is 3.96. The molecule has 2 aliphatic carbocycles. The first kappa shape index (κ1) is 10.5. The number of para-hydroxylation sites is 1. The van der Waals surface area contributed by atoms with E-state index in [9.17, 15) is 0 Å². The lowest BCUT2D eigenvalue weighted by Gasteiger charge is -2.25. The van der Waals surface area contributed by atoms with E-state index < -0.39 is 0 Å². The van der Waals surface area contributed by atoms with Gasteiger partial charge >= 0.3 is 0 Å². The van der Waals surface area contributed by atoms with Gasteiger partial charge in [-0.15, -0.1) is 0 Å². The smallest absolute Gasteiger partial charge is 0.0640 e. The first-order valence-corrected chi connectivity index (χ1v) is 6.63. The van der Waals surface area contributed by atoms with Gasteiger partial charge in [-0.05, 0) is 49.7 Å². The Kier molecular flexibility index (Phi) is 2.59. The zero-order valence-electron chi connectivity index (χ0n) is 9.67. The van der Waals surface area contributed by atoms with E-state index in [0.29, 0.717) is 6.04 Å². The molecule has 0 aromatic heterocycles. The van der Waals surface area contributed by atoms with Gasteiger partial charge in [0.1, 0.15) is 0 Å². The average Bonchev–Trinajstić information content (AvgIpc) is 2.85. The van der Waals surface area contributed by atoms with Gasteiger partial charge in [0.25, 0.3) is 0 Å². The lowest BCUT2D eigenvalue weighted by atomic mass is 9.95. The maximum Gasteiger partial charge on any atom is 0.0640 e. The molecule has 3 atom stereocenters. The van der Waals surface area contributed by atoms with Crippen molar-refractivity contribution >= 4 is 17.3 Å². The second-order valence-electron chi connectivity index (χ2n) is 5.36. The minimum Gasteiger partial charge on any atom is -0.381 e. The van der Waals surface area contributed by atoms with Crippen molar-refractivity contribution in [2.75, 3.05) is 5.32 Å². The van der Waals surface area contributed by atoms with Gasteiger partial charge in [-0.2, -0.15) is 0 Å². The van der Waals surface area contributed by atoms with E-state index in [1.807, 2.05) is 12.1 Å². The van der Waals surface area contributed by atoms with Gasteiger partial charge in [-0.3, -0.25) is 0 Å². The van der Waals surface area contributed by atoms with Gasteiger partial charge in [-0.1, -0.05) is 30.2 Å². The van der Waals surface area contributed by atoms with E-state index in [2.05, 4.69) is 18.3 Å². The molecular formula is C14H18ClN. The summed E-state index contributed by atoms with van der Waals surface area (Å²) in [5.74, 6) is 1.87. The van der Waals surface area contributed by atoms with E-state index in [1.54, 1.807) is 0 Å². The normalized spacial score (nSPS) is 32.0. The van der Waals surface area contributed by atoms with Crippen LogP contribution in [0.4, 0.5) is 5.69 Å². The number of halogens is 1. The number of hydrogen-bond donors (Lipinski definition) is 1. The Morgan fingerprint density at radius 3 is 2.75 bits per heavy atom. The van der Waals surface area contributed by atoms with Gasteiger partial charge in [0, 0.05) is 6.04 Å². The Morgan fingerprint density at radius 1 is 1.25 bits per heavy atom. The molecule has 0 saturated heterocycles. The molecule has 0 aliphatic heterocycles. The third-order valence-corrected chi connectivity index (χ3v) is 4.60. The summed E-state index contributed by atoms with van der Waals surface area (Å²) in [5, 5.41) is 4.54. The molecule has 2 bridgehead atoms. The summed E-state index contributed by atoms with van der Waals surface area (Å²) < 4.78 is 0. The SMILES string of the molecule is Cc1cccc(Cl)c1NC1CC2CCC1C2. The molecule has 2 aliphatic rings. The molecule has 0 amide bonds. The number of rotatable bonds is 2. The van der Waals surface area contributed by atoms with Gasteiger partial charge in [0.15, 0.2) is 0 Å². The van der Waals surface area contributed by atoms with Crippen LogP contribution in [0.2, 0.25) is 5.02 Å². The van der Waals surface area contributed by atoms with Crippen LogP contribution in [-0.4, -0.2) is 6.04 Å². The zero-order valence-corrected chi connectivity index (χ0v) is 10.4. The molecule has 2 fully saturated rings. The predicted octanol–water partition coefficient (Wildman–Crippen LogP) is 4.25. The number of aryl methyl sites for hydroxylation is 1. The Hall–Kier alpha value is -0.690. The lowest BCUT2D eigenvalue weighted by molar-refractivity contribution is 0.439. The van der Waals surface area contributed by atoms with Crippen LogP contribution in [0.15, 0.2) is 18.2 Å². The fourth-order valence-corrected chi connectivity index (χ4v) is 3.70. The largest absolute Gasteiger partial charge is 0.381 e. The standard InChI is InChI=1S/C14H18ClN/c1-9-3-2-4-12(15)14(9)16-13-8-10-5-6-11(13)7-10/h2-4,10-11,13,16H,5-8H2,1H3. The van der Waals surface area contributed by atoms with Gasteiger partial charge in [0.05, 0.1) is 10.7 Å². The number of hydrogen-bond acceptors (Lipinski definition) is 1. The number of benzene rings is 1. The maximum atomic E-state index is 6.25. The van der Waals surface area contributed by atoms with Gasteiger partial charge in [-0.25, -0.2) is 0 Å². The third kappa shape index (κ3) is 1.71. The molecule has 0 spiro atoms. The highest BCUT2D eigenvalue weighted by atomic mass is 35.5. The van der Waals surface area contributed by atoms with Gasteiger partial charge < -0.3 is 5.32 Å². The summed E-state index contributed by atoms with van der Waals surface area (Å²) >= 11 is 6.25. The van der Waals surface area contributed by atoms with Crippen molar-refractivity contribution in [1.29, 1.82) is 0 Å². The molecule has 1 aromatic carbocycles. The Bertz CT molecular complexity index is 381. The van der Waals surface area contributed by atoms with E-state index in [4.69, 9.17) is 11.6 Å². The average molecular weight is 236 g/mol. The molecule has 2 heteroatoms. The number of anilines is 1. The number of fused-ring (bicyclic) bond motifs is 2. The lowest BCUT2D eigenvalue weighted by Crippen LogP contribution is -2.26. The Balaban J connectivity index is 1.79. The molecule has 1 nitrogen and oxygen atoms in total. The van der Waals surface area contributed by atoms with Crippen molar-refractivity contribution in [3.05, 3.63) is 28.8 Å². The van der Waals surface area contributed by atoms with E-state index in [1.165, 1.54) is 31.2 Å². The number of nitrogens with one attached hydrogen (secondary N) is 1. The van der Waals surface area contributed by atoms with Crippen LogP contribution < -0.4 is 5.32 Å². The van der Waals surface area contributed by atoms with Crippen molar-refractivity contribution in [3.8, 4) is 0 Å². The van der Waals surface area contributed by atoms with Crippen LogP contribution in [0.5, 0.6) is 0 Å². The van der Waals surface area contributed by atoms with Crippen LogP contribution in [0.1, 0.15) is 31.2 Å². The maximum absolute atomic E-state index is 6.25. The quantitative estimate of drug-likeness (QED) is 0.808. The first-order valence-electron chi connectivity index (χ1n) is 6.25. The molecule has 86 valence electrons. The van der Waals surface area contributed by atoms with Crippen molar-refractivity contribution in [2.24, 2.45) is 11.8 Å². The van der Waals surface area contributed by atoms with Crippen molar-refractivity contribution in [3.63, 3.8) is 0 Å². The molecule has 1 N–H and O–H groups in total. The van der Waals surface area contributed by atoms with Crippen molar-refractivity contribution in [2.45, 2.75) is 38.6 Å². The van der Waals surface area contributed by atoms with Crippen LogP contribution in [-0.2, 0) is 0 Å². The summed E-state index contributed by atoms with van der Waals surface area (Å²) in [4.78, 5) is 0. The predicted molar refractivity (Wildman–Crippen MR) is 69.0 cm³/mol. The zero-order chi connectivity index (χ0) is 11.1. The monoisotopic (exact) mass is 235 g/mol. The molecule has 0 radical (unpaired) electrons. The summed E-state index contributed by atoms with van der Waals surface area (Å²) in [6.45, 7) is 2.13. The van der Waals surface area contributed by atoms with Crippen LogP contribution >= 0.6 is 11.6 Å². The molecule has 3 rings (SSSR count). The van der Waals surface area contributed by atoms with Crippen molar-refractivity contribution < 1.29 is 0 Å². The summed E-state index contributed by atoms with van der Waals surface area (Å²) in [7, 11) is 0. The summed E-state index contributed by atoms with van der Waals surface area (Å²) in [5.41, 5.74) is 2.41. The van der Waals surface area contributed by atoms with E-state index >= 15 is 0 Å². The van der Waals surface area contributed by atoms with Gasteiger partial charge in [0.2, 0.25) is 0 Å². The van der Waals surface area contributed by atoms with Crippen LogP contribution in [0, 0.1) is 18.8 Å². The van der Waals surface area contributed by atoms with Crippen LogP contribution in [0.25, 0.3) is 0 Å². The van der Waals surface area contributed by atoms with Crippen molar-refractivity contribution in [1.82, 2.24) is 0 Å². The molecule has 2 saturated carbocycles. The highest BCUT2D eigenvalue weighted by molar-refractivity contribution is 6.33. The minimum absolute atomic E-state index is 0.664. The summed E-state index contributed by atoms with van der Waals surface area (Å²) in [6, 6.07) is 6.78. The highest BCUT2D eigenvalue weighted by Crippen LogP contribution is 2.46. The topological polar surface area (TPSA) is 12.0 Å². The Labute approximate surface area is 102 Å². The van der Waals surface area contributed by atoms with Crippen LogP contribution in [0.3, 0.4) is 0 Å². The third-order valence-electron chi connectivity index (χ3n) is 4.29.